The fourth-order valence-electron chi connectivity index (χ4n) is 1.82. The summed E-state index contributed by atoms with van der Waals surface area (Å²) in [6.07, 6.45) is 2.68. The van der Waals surface area contributed by atoms with Crippen LogP contribution in [0, 0.1) is 0 Å². The third kappa shape index (κ3) is 3.00. The quantitative estimate of drug-likeness (QED) is 0.850. The van der Waals surface area contributed by atoms with Crippen molar-refractivity contribution in [2.45, 2.75) is 6.54 Å². The normalized spacial score (nSPS) is 10.3. The minimum absolute atomic E-state index is 0.150. The van der Waals surface area contributed by atoms with Crippen molar-refractivity contribution in [3.05, 3.63) is 52.8 Å². The molecule has 0 bridgehead atoms. The topological polar surface area (TPSA) is 79.5 Å². The third-order valence-electron chi connectivity index (χ3n) is 2.85. The number of nitrogens with zero attached hydrogens (tertiary/aromatic N) is 2. The van der Waals surface area contributed by atoms with Crippen molar-refractivity contribution in [2.24, 2.45) is 0 Å². The van der Waals surface area contributed by atoms with Crippen LogP contribution < -0.4 is 5.73 Å². The fourth-order valence-corrected chi connectivity index (χ4v) is 1.99. The van der Waals surface area contributed by atoms with Crippen molar-refractivity contribution in [2.75, 3.05) is 12.8 Å². The number of carbonyl (C=O) groups is 1. The van der Waals surface area contributed by atoms with Crippen LogP contribution in [0.25, 0.3) is 0 Å². The van der Waals surface area contributed by atoms with Crippen molar-refractivity contribution >= 4 is 23.2 Å². The Kier molecular flexibility index (Phi) is 4.10. The van der Waals surface area contributed by atoms with Crippen molar-refractivity contribution in [1.82, 2.24) is 9.88 Å². The molecule has 1 aromatic heterocycles. The van der Waals surface area contributed by atoms with Gasteiger partial charge in [0.2, 0.25) is 0 Å². The van der Waals surface area contributed by atoms with E-state index in [2.05, 4.69) is 4.98 Å². The van der Waals surface area contributed by atoms with Gasteiger partial charge in [0.05, 0.1) is 11.8 Å². The van der Waals surface area contributed by atoms with E-state index >= 15 is 0 Å². The molecule has 1 amide bonds. The minimum atomic E-state index is -0.316. The molecule has 0 unspecified atom stereocenters. The first-order chi connectivity index (χ1) is 9.49. The Bertz CT molecular complexity index is 646. The van der Waals surface area contributed by atoms with Crippen molar-refractivity contribution in [3.8, 4) is 5.75 Å². The summed E-state index contributed by atoms with van der Waals surface area (Å²) in [7, 11) is 1.63. The molecular weight excluding hydrogens is 278 g/mol. The summed E-state index contributed by atoms with van der Waals surface area (Å²) in [6.45, 7) is 0.296. The van der Waals surface area contributed by atoms with Gasteiger partial charge < -0.3 is 15.7 Å². The molecule has 0 aliphatic carbocycles. The molecule has 0 radical (unpaired) electrons. The van der Waals surface area contributed by atoms with Crippen LogP contribution in [0.2, 0.25) is 5.02 Å². The van der Waals surface area contributed by atoms with Crippen LogP contribution in [0.15, 0.2) is 36.7 Å². The Labute approximate surface area is 121 Å². The molecule has 0 spiro atoms. The molecule has 0 fully saturated rings. The molecule has 0 atom stereocenters. The highest BCUT2D eigenvalue weighted by molar-refractivity contribution is 6.31. The Balaban J connectivity index is 2.20. The van der Waals surface area contributed by atoms with E-state index < -0.39 is 0 Å². The molecule has 0 saturated carbocycles. The number of halogens is 1. The maximum absolute atomic E-state index is 12.2. The summed E-state index contributed by atoms with van der Waals surface area (Å²) in [5.74, 6) is -0.466. The van der Waals surface area contributed by atoms with Gasteiger partial charge in [-0.05, 0) is 29.8 Å². The molecule has 1 heterocycles. The van der Waals surface area contributed by atoms with Gasteiger partial charge in [0, 0.05) is 30.5 Å². The molecule has 0 aliphatic rings. The highest BCUT2D eigenvalue weighted by Crippen LogP contribution is 2.22. The zero-order valence-corrected chi connectivity index (χ0v) is 11.6. The highest BCUT2D eigenvalue weighted by Gasteiger charge is 2.16. The number of aromatic nitrogens is 1. The zero-order chi connectivity index (χ0) is 14.7. The number of aromatic hydroxyl groups is 1. The number of amides is 1. The summed E-state index contributed by atoms with van der Waals surface area (Å²) in [6, 6.07) is 6.57. The van der Waals surface area contributed by atoms with E-state index in [1.54, 1.807) is 25.2 Å². The van der Waals surface area contributed by atoms with Gasteiger partial charge in [-0.1, -0.05) is 11.6 Å². The molecule has 5 nitrogen and oxygen atoms in total. The van der Waals surface area contributed by atoms with Crippen molar-refractivity contribution in [3.63, 3.8) is 0 Å². The van der Waals surface area contributed by atoms with Crippen LogP contribution in [-0.4, -0.2) is 27.9 Å². The summed E-state index contributed by atoms with van der Waals surface area (Å²) >= 11 is 6.07. The molecule has 104 valence electrons. The molecule has 6 heteroatoms. The number of benzene rings is 1. The lowest BCUT2D eigenvalue weighted by Gasteiger charge is -2.18. The first-order valence-electron chi connectivity index (χ1n) is 5.91. The number of rotatable bonds is 3. The Morgan fingerprint density at radius 3 is 2.90 bits per heavy atom. The monoisotopic (exact) mass is 291 g/mol. The molecule has 1 aromatic carbocycles. The van der Waals surface area contributed by atoms with E-state index in [4.69, 9.17) is 17.3 Å². The number of hydrogen-bond acceptors (Lipinski definition) is 4. The smallest absolute Gasteiger partial charge is 0.257 e. The van der Waals surface area contributed by atoms with Crippen molar-refractivity contribution in [1.29, 1.82) is 0 Å². The van der Waals surface area contributed by atoms with Gasteiger partial charge in [0.15, 0.2) is 0 Å². The maximum atomic E-state index is 12.2. The van der Waals surface area contributed by atoms with Gasteiger partial charge in [-0.2, -0.15) is 0 Å². The molecule has 2 rings (SSSR count). The van der Waals surface area contributed by atoms with Crippen LogP contribution in [0.4, 0.5) is 5.69 Å². The van der Waals surface area contributed by atoms with E-state index in [1.165, 1.54) is 23.4 Å². The first kappa shape index (κ1) is 14.1. The van der Waals surface area contributed by atoms with Gasteiger partial charge >= 0.3 is 0 Å². The Morgan fingerprint density at radius 2 is 2.20 bits per heavy atom. The Hall–Kier alpha value is -2.27. The molecule has 20 heavy (non-hydrogen) atoms. The van der Waals surface area contributed by atoms with Crippen LogP contribution in [0.1, 0.15) is 15.9 Å². The van der Waals surface area contributed by atoms with E-state index in [0.29, 0.717) is 17.3 Å². The lowest BCUT2D eigenvalue weighted by atomic mass is 10.1. The third-order valence-corrected chi connectivity index (χ3v) is 3.22. The number of hydrogen-bond donors (Lipinski definition) is 2. The average molecular weight is 292 g/mol. The molecule has 0 aliphatic heterocycles. The zero-order valence-electron chi connectivity index (χ0n) is 10.9. The SMILES string of the molecule is CN(Cc1cc(N)ccc1Cl)C(=O)c1ccncc1O. The molecule has 0 saturated heterocycles. The fraction of sp³-hybridized carbons (Fsp3) is 0.143. The van der Waals surface area contributed by atoms with Gasteiger partial charge in [-0.3, -0.25) is 9.78 Å². The van der Waals surface area contributed by atoms with Gasteiger partial charge in [-0.25, -0.2) is 0 Å². The molecule has 2 aromatic rings. The van der Waals surface area contributed by atoms with E-state index in [9.17, 15) is 9.90 Å². The van der Waals surface area contributed by atoms with Crippen molar-refractivity contribution < 1.29 is 9.90 Å². The Morgan fingerprint density at radius 1 is 1.45 bits per heavy atom. The van der Waals surface area contributed by atoms with E-state index in [0.717, 1.165) is 5.56 Å². The second-order valence-corrected chi connectivity index (χ2v) is 4.81. The summed E-state index contributed by atoms with van der Waals surface area (Å²) < 4.78 is 0. The maximum Gasteiger partial charge on any atom is 0.257 e. The molecule has 3 N–H and O–H groups in total. The average Bonchev–Trinajstić information content (AvgIpc) is 2.42. The first-order valence-corrected chi connectivity index (χ1v) is 6.29. The predicted molar refractivity (Wildman–Crippen MR) is 77.6 cm³/mol. The standard InChI is InChI=1S/C14H14ClN3O2/c1-18(8-9-6-10(16)2-3-12(9)15)14(20)11-4-5-17-7-13(11)19/h2-7,19H,8,16H2,1H3. The summed E-state index contributed by atoms with van der Waals surface area (Å²) in [4.78, 5) is 17.4. The second kappa shape index (κ2) is 5.79. The highest BCUT2D eigenvalue weighted by atomic mass is 35.5. The van der Waals surface area contributed by atoms with Crippen LogP contribution in [0.3, 0.4) is 0 Å². The summed E-state index contributed by atoms with van der Waals surface area (Å²) in [5, 5.41) is 10.2. The summed E-state index contributed by atoms with van der Waals surface area (Å²) in [5.41, 5.74) is 7.23. The van der Waals surface area contributed by atoms with Gasteiger partial charge in [-0.15, -0.1) is 0 Å². The van der Waals surface area contributed by atoms with Crippen LogP contribution in [-0.2, 0) is 6.54 Å². The number of pyridine rings is 1. The number of carbonyl (C=O) groups excluding carboxylic acids is 1. The molecular formula is C14H14ClN3O2. The van der Waals surface area contributed by atoms with Crippen LogP contribution >= 0.6 is 11.6 Å². The largest absolute Gasteiger partial charge is 0.505 e. The second-order valence-electron chi connectivity index (χ2n) is 4.40. The number of anilines is 1. The van der Waals surface area contributed by atoms with Gasteiger partial charge in [0.1, 0.15) is 5.75 Å². The lowest BCUT2D eigenvalue weighted by Crippen LogP contribution is -2.26. The number of nitrogens with two attached hydrogens (primary N) is 1. The lowest BCUT2D eigenvalue weighted by molar-refractivity contribution is 0.0782. The van der Waals surface area contributed by atoms with Gasteiger partial charge in [0.25, 0.3) is 5.91 Å². The predicted octanol–water partition coefficient (Wildman–Crippen LogP) is 2.30. The van der Waals surface area contributed by atoms with Crippen LogP contribution in [0.5, 0.6) is 5.75 Å². The number of nitrogen functional groups attached to an aromatic ring is 1. The van der Waals surface area contributed by atoms with E-state index in [-0.39, 0.29) is 17.2 Å². The minimum Gasteiger partial charge on any atom is -0.505 e. The van der Waals surface area contributed by atoms with E-state index in [1.807, 2.05) is 0 Å².